The van der Waals surface area contributed by atoms with Gasteiger partial charge in [-0.25, -0.2) is 0 Å². The van der Waals surface area contributed by atoms with Crippen LogP contribution in [0.2, 0.25) is 0 Å². The van der Waals surface area contributed by atoms with Gasteiger partial charge in [0.25, 0.3) is 0 Å². The van der Waals surface area contributed by atoms with E-state index >= 15 is 0 Å². The molecule has 0 spiro atoms. The van der Waals surface area contributed by atoms with Gasteiger partial charge in [0.05, 0.1) is 7.11 Å². The fourth-order valence-corrected chi connectivity index (χ4v) is 3.54. The lowest BCUT2D eigenvalue weighted by molar-refractivity contribution is -0.122. The number of nitrogens with two attached hydrogens (primary N) is 1. The molecule has 1 amide bonds. The lowest BCUT2D eigenvalue weighted by Crippen LogP contribution is -2.44. The number of hydrogen-bond donors (Lipinski definition) is 2. The molecule has 0 aromatic heterocycles. The van der Waals surface area contributed by atoms with Crippen molar-refractivity contribution in [1.82, 2.24) is 5.32 Å². The molecular formula is C20H32N2O2. The number of unbranched alkanes of at least 4 members (excludes halogenated alkanes) is 2. The summed E-state index contributed by atoms with van der Waals surface area (Å²) in [5.74, 6) is 1.57. The molecule has 2 atom stereocenters. The number of nitrogens with one attached hydrogen (secondary N) is 1. The van der Waals surface area contributed by atoms with Crippen LogP contribution in [0.25, 0.3) is 0 Å². The molecule has 3 N–H and O–H groups in total. The van der Waals surface area contributed by atoms with Crippen LogP contribution in [0.15, 0.2) is 24.3 Å². The quantitative estimate of drug-likeness (QED) is 0.681. The average Bonchev–Trinajstić information content (AvgIpc) is 2.62. The van der Waals surface area contributed by atoms with E-state index in [0.29, 0.717) is 24.9 Å². The van der Waals surface area contributed by atoms with E-state index in [2.05, 4.69) is 17.4 Å². The Hall–Kier alpha value is -1.55. The minimum Gasteiger partial charge on any atom is -0.497 e. The summed E-state index contributed by atoms with van der Waals surface area (Å²) in [4.78, 5) is 12.1. The minimum absolute atomic E-state index is 0.199. The molecule has 0 saturated heterocycles. The lowest BCUT2D eigenvalue weighted by atomic mass is 9.84. The predicted molar refractivity (Wildman–Crippen MR) is 98.1 cm³/mol. The molecule has 0 bridgehead atoms. The first-order valence-electron chi connectivity index (χ1n) is 9.35. The predicted octanol–water partition coefficient (Wildman–Crippen LogP) is 3.43. The van der Waals surface area contributed by atoms with Crippen LogP contribution in [0.5, 0.6) is 5.75 Å². The van der Waals surface area contributed by atoms with Gasteiger partial charge >= 0.3 is 0 Å². The zero-order valence-corrected chi connectivity index (χ0v) is 14.9. The van der Waals surface area contributed by atoms with Crippen LogP contribution in [-0.2, 0) is 11.2 Å². The van der Waals surface area contributed by atoms with Crippen molar-refractivity contribution in [1.29, 1.82) is 0 Å². The third-order valence-electron chi connectivity index (χ3n) is 5.09. The summed E-state index contributed by atoms with van der Waals surface area (Å²) in [6, 6.07) is 8.53. The second kappa shape index (κ2) is 10.3. The van der Waals surface area contributed by atoms with Crippen LogP contribution in [0, 0.1) is 5.92 Å². The molecule has 1 aliphatic rings. The molecule has 0 heterocycles. The number of hydrogen-bond acceptors (Lipinski definition) is 3. The number of amides is 1. The summed E-state index contributed by atoms with van der Waals surface area (Å²) in [5, 5.41) is 3.21. The van der Waals surface area contributed by atoms with Crippen molar-refractivity contribution in [3.05, 3.63) is 29.8 Å². The Morgan fingerprint density at radius 3 is 2.62 bits per heavy atom. The van der Waals surface area contributed by atoms with Gasteiger partial charge < -0.3 is 15.8 Å². The van der Waals surface area contributed by atoms with Gasteiger partial charge in [0.2, 0.25) is 5.91 Å². The number of ether oxygens (including phenoxy) is 1. The fourth-order valence-electron chi connectivity index (χ4n) is 3.54. The summed E-state index contributed by atoms with van der Waals surface area (Å²) >= 11 is 0. The minimum atomic E-state index is 0.199. The van der Waals surface area contributed by atoms with Crippen molar-refractivity contribution in [3.63, 3.8) is 0 Å². The first-order chi connectivity index (χ1) is 11.7. The highest BCUT2D eigenvalue weighted by Gasteiger charge is 2.24. The first-order valence-corrected chi connectivity index (χ1v) is 9.35. The molecule has 1 aromatic carbocycles. The van der Waals surface area contributed by atoms with E-state index in [9.17, 15) is 4.79 Å². The van der Waals surface area contributed by atoms with E-state index in [1.807, 2.05) is 12.1 Å². The van der Waals surface area contributed by atoms with Crippen LogP contribution in [0.4, 0.5) is 0 Å². The lowest BCUT2D eigenvalue weighted by Gasteiger charge is -2.31. The SMILES string of the molecule is COc1ccc(CCCCCC(=O)NC2CCCCC2CN)cc1. The highest BCUT2D eigenvalue weighted by molar-refractivity contribution is 5.76. The van der Waals surface area contributed by atoms with Crippen molar-refractivity contribution in [3.8, 4) is 5.75 Å². The number of rotatable bonds is 9. The van der Waals surface area contributed by atoms with Gasteiger partial charge in [-0.15, -0.1) is 0 Å². The van der Waals surface area contributed by atoms with Crippen LogP contribution >= 0.6 is 0 Å². The van der Waals surface area contributed by atoms with Gasteiger partial charge in [0.15, 0.2) is 0 Å². The summed E-state index contributed by atoms with van der Waals surface area (Å²) < 4.78 is 5.16. The number of benzene rings is 1. The zero-order chi connectivity index (χ0) is 17.2. The van der Waals surface area contributed by atoms with Gasteiger partial charge in [0.1, 0.15) is 5.75 Å². The third-order valence-corrected chi connectivity index (χ3v) is 5.09. The summed E-state index contributed by atoms with van der Waals surface area (Å²) in [5.41, 5.74) is 7.15. The zero-order valence-electron chi connectivity index (χ0n) is 14.9. The van der Waals surface area contributed by atoms with E-state index < -0.39 is 0 Å². The first kappa shape index (κ1) is 18.8. The molecule has 0 aliphatic heterocycles. The normalized spacial score (nSPS) is 20.6. The van der Waals surface area contributed by atoms with Crippen LogP contribution in [0.3, 0.4) is 0 Å². The molecule has 1 aliphatic carbocycles. The molecule has 134 valence electrons. The monoisotopic (exact) mass is 332 g/mol. The Morgan fingerprint density at radius 2 is 1.92 bits per heavy atom. The van der Waals surface area contributed by atoms with Gasteiger partial charge in [0, 0.05) is 12.5 Å². The molecule has 4 heteroatoms. The van der Waals surface area contributed by atoms with Gasteiger partial charge in [-0.05, 0) is 62.3 Å². The topological polar surface area (TPSA) is 64.3 Å². The van der Waals surface area contributed by atoms with Crippen molar-refractivity contribution < 1.29 is 9.53 Å². The standard InChI is InChI=1S/C20H32N2O2/c1-24-18-13-11-16(12-14-18)7-3-2-4-10-20(23)22-19-9-6-5-8-17(19)15-21/h11-14,17,19H,2-10,15,21H2,1H3,(H,22,23). The van der Waals surface area contributed by atoms with Crippen molar-refractivity contribution in [2.75, 3.05) is 13.7 Å². The Bertz CT molecular complexity index is 487. The number of aryl methyl sites for hydroxylation is 1. The van der Waals surface area contributed by atoms with Crippen molar-refractivity contribution in [2.24, 2.45) is 11.7 Å². The van der Waals surface area contributed by atoms with Gasteiger partial charge in [-0.3, -0.25) is 4.79 Å². The fraction of sp³-hybridized carbons (Fsp3) is 0.650. The largest absolute Gasteiger partial charge is 0.497 e. The maximum Gasteiger partial charge on any atom is 0.220 e. The number of carbonyl (C=O) groups is 1. The van der Waals surface area contributed by atoms with E-state index in [1.54, 1.807) is 7.11 Å². The summed E-state index contributed by atoms with van der Waals surface area (Å²) in [6.07, 6.45) is 9.57. The van der Waals surface area contributed by atoms with E-state index in [0.717, 1.165) is 44.3 Å². The average molecular weight is 332 g/mol. The smallest absolute Gasteiger partial charge is 0.220 e. The molecule has 4 nitrogen and oxygen atoms in total. The molecule has 0 radical (unpaired) electrons. The van der Waals surface area contributed by atoms with Gasteiger partial charge in [-0.1, -0.05) is 31.4 Å². The van der Waals surface area contributed by atoms with Crippen molar-refractivity contribution in [2.45, 2.75) is 63.8 Å². The molecular weight excluding hydrogens is 300 g/mol. The molecule has 2 rings (SSSR count). The third kappa shape index (κ3) is 6.16. The second-order valence-corrected chi connectivity index (χ2v) is 6.86. The summed E-state index contributed by atoms with van der Waals surface area (Å²) in [6.45, 7) is 0.687. The Morgan fingerprint density at radius 1 is 1.17 bits per heavy atom. The molecule has 1 aromatic rings. The Kier molecular flexibility index (Phi) is 8.10. The van der Waals surface area contributed by atoms with Gasteiger partial charge in [-0.2, -0.15) is 0 Å². The Balaban J connectivity index is 1.58. The molecule has 1 saturated carbocycles. The maximum absolute atomic E-state index is 12.1. The van der Waals surface area contributed by atoms with Crippen molar-refractivity contribution >= 4 is 5.91 Å². The molecule has 2 unspecified atom stereocenters. The van der Waals surface area contributed by atoms with E-state index in [-0.39, 0.29) is 5.91 Å². The van der Waals surface area contributed by atoms with E-state index in [1.165, 1.54) is 18.4 Å². The van der Waals surface area contributed by atoms with Crippen LogP contribution in [-0.4, -0.2) is 25.6 Å². The number of carbonyl (C=O) groups excluding carboxylic acids is 1. The van der Waals surface area contributed by atoms with E-state index in [4.69, 9.17) is 10.5 Å². The molecule has 24 heavy (non-hydrogen) atoms. The summed E-state index contributed by atoms with van der Waals surface area (Å²) in [7, 11) is 1.68. The number of methoxy groups -OCH3 is 1. The van der Waals surface area contributed by atoms with Crippen LogP contribution in [0.1, 0.15) is 56.9 Å². The second-order valence-electron chi connectivity index (χ2n) is 6.86. The van der Waals surface area contributed by atoms with Crippen LogP contribution < -0.4 is 15.8 Å². The highest BCUT2D eigenvalue weighted by atomic mass is 16.5. The highest BCUT2D eigenvalue weighted by Crippen LogP contribution is 2.23. The maximum atomic E-state index is 12.1. The molecule has 1 fully saturated rings. The Labute approximate surface area is 146 Å².